The fraction of sp³-hybridized carbons (Fsp3) is 0.381. The number of amides is 1. The molecule has 2 aliphatic rings. The normalized spacial score (nSPS) is 23.6. The Balaban J connectivity index is 1.53. The van der Waals surface area contributed by atoms with Crippen LogP contribution in [0.5, 0.6) is 0 Å². The minimum absolute atomic E-state index is 0.0117. The van der Waals surface area contributed by atoms with Crippen LogP contribution in [0.4, 0.5) is 5.69 Å². The van der Waals surface area contributed by atoms with E-state index in [4.69, 9.17) is 0 Å². The Morgan fingerprint density at radius 1 is 1.04 bits per heavy atom. The Morgan fingerprint density at radius 2 is 1.74 bits per heavy atom. The van der Waals surface area contributed by atoms with Crippen molar-refractivity contribution in [3.63, 3.8) is 0 Å². The van der Waals surface area contributed by atoms with Crippen molar-refractivity contribution in [2.75, 3.05) is 29.5 Å². The predicted molar refractivity (Wildman–Crippen MR) is 106 cm³/mol. The Hall–Kier alpha value is -2.18. The van der Waals surface area contributed by atoms with E-state index in [-0.39, 0.29) is 23.5 Å². The molecule has 27 heavy (non-hydrogen) atoms. The molecule has 0 radical (unpaired) electrons. The summed E-state index contributed by atoms with van der Waals surface area (Å²) in [5.41, 5.74) is 3.47. The fourth-order valence-corrected chi connectivity index (χ4v) is 5.92. The summed E-state index contributed by atoms with van der Waals surface area (Å²) in [6.07, 6.45) is 1.49. The second-order valence-corrected chi connectivity index (χ2v) is 9.76. The number of quaternary nitrogens is 1. The van der Waals surface area contributed by atoms with Crippen LogP contribution in [0.15, 0.2) is 54.6 Å². The lowest BCUT2D eigenvalue weighted by atomic mass is 10.00. The second-order valence-electron chi connectivity index (χ2n) is 7.53. The Labute approximate surface area is 160 Å². The molecule has 0 saturated carbocycles. The number of nitrogens with zero attached hydrogens (tertiary/aromatic N) is 1. The topological polar surface area (TPSA) is 58.9 Å². The summed E-state index contributed by atoms with van der Waals surface area (Å²) < 4.78 is 24.0. The zero-order chi connectivity index (χ0) is 18.9. The summed E-state index contributed by atoms with van der Waals surface area (Å²) in [4.78, 5) is 16.2. The van der Waals surface area contributed by atoms with Crippen LogP contribution >= 0.6 is 0 Å². The number of anilines is 1. The van der Waals surface area contributed by atoms with Gasteiger partial charge in [0.05, 0.1) is 24.1 Å². The quantitative estimate of drug-likeness (QED) is 0.849. The van der Waals surface area contributed by atoms with E-state index < -0.39 is 9.84 Å². The second kappa shape index (κ2) is 7.44. The van der Waals surface area contributed by atoms with Crippen LogP contribution in [0.3, 0.4) is 0 Å². The van der Waals surface area contributed by atoms with Crippen LogP contribution in [0.2, 0.25) is 0 Å². The molecular formula is C21H25N2O3S+. The van der Waals surface area contributed by atoms with Gasteiger partial charge in [-0.25, -0.2) is 8.42 Å². The van der Waals surface area contributed by atoms with Crippen molar-refractivity contribution in [2.24, 2.45) is 0 Å². The van der Waals surface area contributed by atoms with Crippen molar-refractivity contribution < 1.29 is 18.1 Å². The van der Waals surface area contributed by atoms with Gasteiger partial charge in [0.25, 0.3) is 5.91 Å². The number of sulfone groups is 1. The number of hydrogen-bond acceptors (Lipinski definition) is 3. The Kier molecular flexibility index (Phi) is 5.02. The van der Waals surface area contributed by atoms with Crippen LogP contribution < -0.4 is 9.80 Å². The van der Waals surface area contributed by atoms with E-state index in [9.17, 15) is 13.2 Å². The van der Waals surface area contributed by atoms with Crippen LogP contribution in [-0.4, -0.2) is 45.0 Å². The lowest BCUT2D eigenvalue weighted by Crippen LogP contribution is -3.13. The maximum atomic E-state index is 13.2. The van der Waals surface area contributed by atoms with E-state index >= 15 is 0 Å². The van der Waals surface area contributed by atoms with Gasteiger partial charge in [-0.15, -0.1) is 0 Å². The number of carbonyl (C=O) groups is 1. The van der Waals surface area contributed by atoms with Gasteiger partial charge in [-0.2, -0.15) is 0 Å². The maximum absolute atomic E-state index is 13.2. The number of rotatable bonds is 4. The molecule has 1 saturated heterocycles. The summed E-state index contributed by atoms with van der Waals surface area (Å²) in [5.74, 6) is 0.238. The molecule has 6 heteroatoms. The van der Waals surface area contributed by atoms with Crippen molar-refractivity contribution >= 4 is 21.4 Å². The van der Waals surface area contributed by atoms with Crippen LogP contribution in [0, 0.1) is 0 Å². The maximum Gasteiger partial charge on any atom is 0.282 e. The van der Waals surface area contributed by atoms with E-state index in [1.807, 2.05) is 36.4 Å². The third-order valence-corrected chi connectivity index (χ3v) is 7.33. The monoisotopic (exact) mass is 385 g/mol. The molecule has 0 spiro atoms. The molecule has 2 aromatic rings. The Bertz CT molecular complexity index is 927. The largest absolute Gasteiger partial charge is 0.323 e. The van der Waals surface area contributed by atoms with Gasteiger partial charge in [0.2, 0.25) is 0 Å². The summed E-state index contributed by atoms with van der Waals surface area (Å²) >= 11 is 0. The number of para-hydroxylation sites is 1. The van der Waals surface area contributed by atoms with E-state index in [1.165, 1.54) is 16.0 Å². The van der Waals surface area contributed by atoms with Crippen molar-refractivity contribution in [3.05, 3.63) is 65.7 Å². The lowest BCUT2D eigenvalue weighted by molar-refractivity contribution is -0.907. The van der Waals surface area contributed by atoms with E-state index in [1.54, 1.807) is 4.90 Å². The minimum atomic E-state index is -3.06. The molecule has 142 valence electrons. The summed E-state index contributed by atoms with van der Waals surface area (Å²) in [6, 6.07) is 17.6. The van der Waals surface area contributed by atoms with Gasteiger partial charge < -0.3 is 9.80 Å². The third kappa shape index (κ3) is 4.06. The molecule has 1 amide bonds. The predicted octanol–water partition coefficient (Wildman–Crippen LogP) is 0.848. The smallest absolute Gasteiger partial charge is 0.282 e. The van der Waals surface area contributed by atoms with E-state index in [2.05, 4.69) is 18.2 Å². The number of hydrogen-bond donors (Lipinski definition) is 1. The van der Waals surface area contributed by atoms with Gasteiger partial charge in [0.1, 0.15) is 6.54 Å². The highest BCUT2D eigenvalue weighted by Crippen LogP contribution is 2.24. The highest BCUT2D eigenvalue weighted by Gasteiger charge is 2.37. The average Bonchev–Trinajstić information content (AvgIpc) is 3.02. The molecule has 2 aromatic carbocycles. The highest BCUT2D eigenvalue weighted by atomic mass is 32.2. The van der Waals surface area contributed by atoms with E-state index in [0.717, 1.165) is 25.2 Å². The van der Waals surface area contributed by atoms with Gasteiger partial charge >= 0.3 is 0 Å². The average molecular weight is 386 g/mol. The molecule has 4 rings (SSSR count). The first-order valence-electron chi connectivity index (χ1n) is 9.50. The SMILES string of the molecule is O=C(C[NH+]1CCc2ccccc2C1)N(c1ccccc1)[C@@H]1CCS(=O)(=O)C1. The molecule has 0 aliphatic carbocycles. The number of fused-ring (bicyclic) bond motifs is 1. The molecule has 1 N–H and O–H groups in total. The fourth-order valence-electron chi connectivity index (χ4n) is 4.22. The van der Waals surface area contributed by atoms with Crippen LogP contribution in [0.1, 0.15) is 17.5 Å². The van der Waals surface area contributed by atoms with Crippen molar-refractivity contribution in [2.45, 2.75) is 25.4 Å². The zero-order valence-corrected chi connectivity index (χ0v) is 16.1. The number of carbonyl (C=O) groups excluding carboxylic acids is 1. The van der Waals surface area contributed by atoms with E-state index in [0.29, 0.717) is 13.0 Å². The number of benzene rings is 2. The molecule has 1 fully saturated rings. The Morgan fingerprint density at radius 3 is 2.44 bits per heavy atom. The molecule has 2 atom stereocenters. The van der Waals surface area contributed by atoms with Crippen molar-refractivity contribution in [3.8, 4) is 0 Å². The summed E-state index contributed by atoms with van der Waals surface area (Å²) in [7, 11) is -3.06. The highest BCUT2D eigenvalue weighted by molar-refractivity contribution is 7.91. The third-order valence-electron chi connectivity index (χ3n) is 5.58. The molecule has 2 aliphatic heterocycles. The van der Waals surface area contributed by atoms with Gasteiger partial charge in [-0.3, -0.25) is 4.79 Å². The zero-order valence-electron chi connectivity index (χ0n) is 15.3. The minimum Gasteiger partial charge on any atom is -0.323 e. The van der Waals surface area contributed by atoms with Gasteiger partial charge in [0, 0.05) is 17.7 Å². The molecule has 1 unspecified atom stereocenters. The first kappa shape index (κ1) is 18.2. The summed E-state index contributed by atoms with van der Waals surface area (Å²) in [6.45, 7) is 2.15. The lowest BCUT2D eigenvalue weighted by Gasteiger charge is -2.31. The van der Waals surface area contributed by atoms with Gasteiger partial charge in [-0.05, 0) is 24.1 Å². The number of nitrogens with one attached hydrogen (secondary N) is 1. The first-order chi connectivity index (χ1) is 13.0. The molecule has 2 heterocycles. The van der Waals surface area contributed by atoms with Crippen LogP contribution in [0.25, 0.3) is 0 Å². The molecule has 0 bridgehead atoms. The van der Waals surface area contributed by atoms with Gasteiger partial charge in [0.15, 0.2) is 16.4 Å². The first-order valence-corrected chi connectivity index (χ1v) is 11.3. The summed E-state index contributed by atoms with van der Waals surface area (Å²) in [5, 5.41) is 0. The standard InChI is InChI=1S/C21H24N2O3S/c24-21(15-22-12-10-17-6-4-5-7-18(17)14-22)23(19-8-2-1-3-9-19)20-11-13-27(25,26)16-20/h1-9,20H,10-16H2/p+1/t20-/m1/s1. The van der Waals surface area contributed by atoms with Crippen molar-refractivity contribution in [1.29, 1.82) is 0 Å². The van der Waals surface area contributed by atoms with Crippen LogP contribution in [-0.2, 0) is 27.6 Å². The van der Waals surface area contributed by atoms with Gasteiger partial charge in [-0.1, -0.05) is 42.5 Å². The molecule has 5 nitrogen and oxygen atoms in total. The molecule has 0 aromatic heterocycles. The van der Waals surface area contributed by atoms with Crippen molar-refractivity contribution in [1.82, 2.24) is 0 Å². The molecular weight excluding hydrogens is 360 g/mol.